The second kappa shape index (κ2) is 4.89. The summed E-state index contributed by atoms with van der Waals surface area (Å²) in [7, 11) is -2.19. The Labute approximate surface area is 62.3 Å². The van der Waals surface area contributed by atoms with Crippen LogP contribution in [-0.2, 0) is 4.57 Å². The lowest BCUT2D eigenvalue weighted by atomic mass is 10.0. The van der Waals surface area contributed by atoms with Crippen molar-refractivity contribution < 1.29 is 9.46 Å². The molecule has 0 heterocycles. The van der Waals surface area contributed by atoms with Crippen LogP contribution in [0.1, 0.15) is 32.1 Å². The minimum absolute atomic E-state index is 0. The van der Waals surface area contributed by atoms with Gasteiger partial charge in [-0.2, -0.15) is 0 Å². The fraction of sp³-hybridized carbons (Fsp3) is 1.00. The van der Waals surface area contributed by atoms with Gasteiger partial charge in [0.15, 0.2) is 8.03 Å². The van der Waals surface area contributed by atoms with E-state index in [0.717, 1.165) is 25.7 Å². The van der Waals surface area contributed by atoms with Crippen molar-refractivity contribution in [2.45, 2.75) is 37.8 Å². The van der Waals surface area contributed by atoms with Crippen LogP contribution < -0.4 is 6.15 Å². The molecule has 1 atom stereocenters. The molecular formula is C6H16NO2P. The molecule has 0 aliphatic heterocycles. The molecule has 0 bridgehead atoms. The first-order valence-corrected chi connectivity index (χ1v) is 4.97. The van der Waals surface area contributed by atoms with E-state index < -0.39 is 8.03 Å². The zero-order chi connectivity index (χ0) is 6.69. The average Bonchev–Trinajstić information content (AvgIpc) is 1.90. The lowest BCUT2D eigenvalue weighted by Gasteiger charge is -2.17. The number of rotatable bonds is 1. The summed E-state index contributed by atoms with van der Waals surface area (Å²) in [5.41, 5.74) is 0.156. The Hall–Kier alpha value is 0.150. The maximum absolute atomic E-state index is 10.5. The molecule has 0 saturated heterocycles. The van der Waals surface area contributed by atoms with E-state index >= 15 is 0 Å². The first-order chi connectivity index (χ1) is 4.30. The standard InChI is InChI=1S/C6H13O2P.H3N/c7-9(8)6-4-2-1-3-5-6;/h6,9H,1-5H2,(H,7,8);1H3. The molecule has 1 aliphatic carbocycles. The van der Waals surface area contributed by atoms with Gasteiger partial charge in [-0.3, -0.25) is 4.57 Å². The molecule has 1 saturated carbocycles. The van der Waals surface area contributed by atoms with Crippen LogP contribution in [0.2, 0.25) is 0 Å². The van der Waals surface area contributed by atoms with Gasteiger partial charge >= 0.3 is 0 Å². The van der Waals surface area contributed by atoms with Gasteiger partial charge < -0.3 is 11.0 Å². The predicted octanol–water partition coefficient (Wildman–Crippen LogP) is 1.95. The molecule has 0 aromatic carbocycles. The van der Waals surface area contributed by atoms with Crippen LogP contribution in [0.25, 0.3) is 0 Å². The second-order valence-electron chi connectivity index (χ2n) is 2.67. The van der Waals surface area contributed by atoms with Gasteiger partial charge in [0.2, 0.25) is 0 Å². The zero-order valence-electron chi connectivity index (χ0n) is 6.18. The predicted molar refractivity (Wildman–Crippen MR) is 43.1 cm³/mol. The van der Waals surface area contributed by atoms with Crippen molar-refractivity contribution in [3.05, 3.63) is 0 Å². The molecule has 0 aromatic rings. The van der Waals surface area contributed by atoms with Crippen molar-refractivity contribution in [3.63, 3.8) is 0 Å². The highest BCUT2D eigenvalue weighted by atomic mass is 31.1. The lowest BCUT2D eigenvalue weighted by molar-refractivity contribution is 0.442. The normalized spacial score (nSPS) is 23.3. The molecule has 1 rings (SSSR count). The first-order valence-electron chi connectivity index (χ1n) is 3.53. The largest absolute Gasteiger partial charge is 0.346 e. The van der Waals surface area contributed by atoms with Crippen LogP contribution in [0.15, 0.2) is 0 Å². The highest BCUT2D eigenvalue weighted by Crippen LogP contribution is 2.34. The zero-order valence-corrected chi connectivity index (χ0v) is 7.18. The van der Waals surface area contributed by atoms with Gasteiger partial charge in [-0.15, -0.1) is 0 Å². The lowest BCUT2D eigenvalue weighted by Crippen LogP contribution is -2.06. The van der Waals surface area contributed by atoms with Crippen molar-refractivity contribution in [2.75, 3.05) is 0 Å². The van der Waals surface area contributed by atoms with Crippen LogP contribution in [-0.4, -0.2) is 10.6 Å². The van der Waals surface area contributed by atoms with Gasteiger partial charge in [-0.05, 0) is 12.8 Å². The van der Waals surface area contributed by atoms with Crippen LogP contribution >= 0.6 is 8.03 Å². The molecule has 0 radical (unpaired) electrons. The minimum atomic E-state index is -2.19. The maximum atomic E-state index is 10.5. The van der Waals surface area contributed by atoms with Gasteiger partial charge in [0.05, 0.1) is 0 Å². The van der Waals surface area contributed by atoms with Crippen LogP contribution in [0.4, 0.5) is 0 Å². The molecule has 3 nitrogen and oxygen atoms in total. The van der Waals surface area contributed by atoms with E-state index in [1.165, 1.54) is 6.42 Å². The topological polar surface area (TPSA) is 72.3 Å². The third-order valence-corrected chi connectivity index (χ3v) is 3.23. The van der Waals surface area contributed by atoms with Crippen molar-refractivity contribution in [1.82, 2.24) is 6.15 Å². The molecule has 10 heavy (non-hydrogen) atoms. The van der Waals surface area contributed by atoms with Crippen LogP contribution in [0.3, 0.4) is 0 Å². The Morgan fingerprint density at radius 3 is 2.00 bits per heavy atom. The molecule has 62 valence electrons. The maximum Gasteiger partial charge on any atom is 0.192 e. The number of hydrogen-bond donors (Lipinski definition) is 2. The van der Waals surface area contributed by atoms with Gasteiger partial charge in [-0.25, -0.2) is 0 Å². The average molecular weight is 165 g/mol. The summed E-state index contributed by atoms with van der Waals surface area (Å²) in [5, 5.41) is 0. The number of hydrogen-bond acceptors (Lipinski definition) is 2. The molecule has 4 heteroatoms. The van der Waals surface area contributed by atoms with Crippen LogP contribution in [0.5, 0.6) is 0 Å². The molecule has 0 amide bonds. The fourth-order valence-electron chi connectivity index (χ4n) is 1.35. The second-order valence-corrected chi connectivity index (χ2v) is 4.17. The van der Waals surface area contributed by atoms with E-state index in [2.05, 4.69) is 0 Å². The van der Waals surface area contributed by atoms with Crippen molar-refractivity contribution in [3.8, 4) is 0 Å². The Morgan fingerprint density at radius 1 is 1.20 bits per heavy atom. The Morgan fingerprint density at radius 2 is 1.70 bits per heavy atom. The van der Waals surface area contributed by atoms with Crippen molar-refractivity contribution >= 4 is 8.03 Å². The molecule has 0 aromatic heterocycles. The first kappa shape index (κ1) is 10.2. The van der Waals surface area contributed by atoms with E-state index in [9.17, 15) is 4.57 Å². The smallest absolute Gasteiger partial charge is 0.192 e. The highest BCUT2D eigenvalue weighted by molar-refractivity contribution is 7.38. The van der Waals surface area contributed by atoms with Gasteiger partial charge in [0, 0.05) is 5.66 Å². The molecular weight excluding hydrogens is 149 g/mol. The molecule has 1 unspecified atom stereocenters. The fourth-order valence-corrected chi connectivity index (χ4v) is 2.25. The van der Waals surface area contributed by atoms with E-state index in [-0.39, 0.29) is 11.8 Å². The van der Waals surface area contributed by atoms with Crippen molar-refractivity contribution in [2.24, 2.45) is 0 Å². The summed E-state index contributed by atoms with van der Waals surface area (Å²) in [6.07, 6.45) is 5.53. The SMILES string of the molecule is N.O=[PH](O)C1CCCCC1. The van der Waals surface area contributed by atoms with Gasteiger partial charge in [0.25, 0.3) is 0 Å². The highest BCUT2D eigenvalue weighted by Gasteiger charge is 2.16. The summed E-state index contributed by atoms with van der Waals surface area (Å²) in [6.45, 7) is 0. The third-order valence-electron chi connectivity index (χ3n) is 1.95. The Balaban J connectivity index is 0.000000810. The Kier molecular flexibility index (Phi) is 4.96. The Bertz CT molecular complexity index is 112. The van der Waals surface area contributed by atoms with E-state index in [0.29, 0.717) is 0 Å². The summed E-state index contributed by atoms with van der Waals surface area (Å²) in [4.78, 5) is 8.72. The van der Waals surface area contributed by atoms with E-state index in [1.54, 1.807) is 0 Å². The molecule has 1 fully saturated rings. The quantitative estimate of drug-likeness (QED) is 0.583. The molecule has 1 aliphatic rings. The van der Waals surface area contributed by atoms with Crippen LogP contribution in [0, 0.1) is 0 Å². The molecule has 4 N–H and O–H groups in total. The summed E-state index contributed by atoms with van der Waals surface area (Å²) < 4.78 is 10.5. The summed E-state index contributed by atoms with van der Waals surface area (Å²) >= 11 is 0. The van der Waals surface area contributed by atoms with Gasteiger partial charge in [0.1, 0.15) is 0 Å². The van der Waals surface area contributed by atoms with Crippen molar-refractivity contribution in [1.29, 1.82) is 0 Å². The molecule has 0 spiro atoms. The summed E-state index contributed by atoms with van der Waals surface area (Å²) in [6, 6.07) is 0. The monoisotopic (exact) mass is 165 g/mol. The van der Waals surface area contributed by atoms with Gasteiger partial charge in [-0.1, -0.05) is 19.3 Å². The summed E-state index contributed by atoms with van der Waals surface area (Å²) in [5.74, 6) is 0. The van der Waals surface area contributed by atoms with E-state index in [4.69, 9.17) is 4.89 Å². The minimum Gasteiger partial charge on any atom is -0.346 e. The van der Waals surface area contributed by atoms with E-state index in [1.807, 2.05) is 0 Å². The third kappa shape index (κ3) is 2.82.